The molecule has 9 aromatic heterocycles. The highest BCUT2D eigenvalue weighted by Gasteiger charge is 2.29. The van der Waals surface area contributed by atoms with Crippen LogP contribution in [0.1, 0.15) is 261 Å². The summed E-state index contributed by atoms with van der Waals surface area (Å²) in [4.78, 5) is 86.6. The van der Waals surface area contributed by atoms with Gasteiger partial charge in [-0.3, -0.25) is 47.4 Å². The van der Waals surface area contributed by atoms with Crippen LogP contribution in [0.4, 0.5) is 8.78 Å². The summed E-state index contributed by atoms with van der Waals surface area (Å²) in [7, 11) is 0. The zero-order chi connectivity index (χ0) is 93.4. The lowest BCUT2D eigenvalue weighted by molar-refractivity contribution is 0.0575. The van der Waals surface area contributed by atoms with Crippen LogP contribution in [0.15, 0.2) is 144 Å². The van der Waals surface area contributed by atoms with Crippen molar-refractivity contribution in [2.75, 3.05) is 65.9 Å². The Kier molecular flexibility index (Phi) is 39.7. The van der Waals surface area contributed by atoms with E-state index in [1.807, 2.05) is 61.3 Å². The van der Waals surface area contributed by atoms with Gasteiger partial charge in [0.25, 0.3) is 38.9 Å². The first-order chi connectivity index (χ1) is 61.5. The van der Waals surface area contributed by atoms with E-state index in [0.29, 0.717) is 146 Å². The summed E-state index contributed by atoms with van der Waals surface area (Å²) in [5.41, 5.74) is 6.14. The van der Waals surface area contributed by atoms with Crippen LogP contribution < -0.4 is 44.2 Å². The molecule has 30 heteroatoms. The van der Waals surface area contributed by atoms with Crippen molar-refractivity contribution >= 4 is 58.0 Å². The maximum Gasteiger partial charge on any atom is 0.259 e. The van der Waals surface area contributed by atoms with Gasteiger partial charge < -0.3 is 47.1 Å². The maximum absolute atomic E-state index is 13.6. The van der Waals surface area contributed by atoms with Gasteiger partial charge >= 0.3 is 0 Å². The molecule has 7 aliphatic rings. The summed E-state index contributed by atoms with van der Waals surface area (Å²) in [6.45, 7) is 36.2. The standard InChI is InChI=1S/C16H18ClN3O.C15H18ClN3O.2C14H20ClNO2.2C14H20FNO2.C12H17ClN2O/c1-10(2)7-12-8-13(17)9-20(16(12)21)15-6-5-14(18-19-15)11-3-4-11;1-10(2)7-11-8-12(16)9-18(15(11)20)14-5-6-19(17-14)13-3-4-13;1-10(2)7-11-8-12(15)9-16(14(11)17)13-3-5-18-6-4-13;3*1-10(2)6-11-7-12(15)8-16(14(11)17)13-4-3-5-18-9-13;1-8(2)3-9-4-10(13)7-15(12(9)16)11-5-14-6-11/h5-6,8-11H,3-4,7H2,1-2H3;5-6,8-10,13H,3-4,7H2,1-2H3;8-10,13H,3-7H2,1-2H3;3*7-8,10,13H,3-6,9H2,1-2H3;4,7-8,11,14H,3,5-6H2,1-2H3/t;;;;2*13-;/m....10./s1. The Hall–Kier alpha value is -7.95. The van der Waals surface area contributed by atoms with Crippen LogP contribution in [-0.4, -0.2) is 118 Å². The van der Waals surface area contributed by atoms with Gasteiger partial charge in [-0.25, -0.2) is 8.78 Å². The van der Waals surface area contributed by atoms with Gasteiger partial charge in [0.1, 0.15) is 11.6 Å². The predicted molar refractivity (Wildman–Crippen MR) is 512 cm³/mol. The van der Waals surface area contributed by atoms with Crippen molar-refractivity contribution < 1.29 is 27.7 Å². The highest BCUT2D eigenvalue weighted by Crippen LogP contribution is 2.39. The fourth-order valence-corrected chi connectivity index (χ4v) is 17.6. The number of ether oxygens (including phenoxy) is 4. The predicted octanol–water partition coefficient (Wildman–Crippen LogP) is 19.6. The lowest BCUT2D eigenvalue weighted by Crippen LogP contribution is -2.47. The molecule has 0 aromatic carbocycles. The first-order valence-corrected chi connectivity index (χ1v) is 48.1. The average molecular weight is 1880 g/mol. The van der Waals surface area contributed by atoms with Crippen molar-refractivity contribution in [1.29, 1.82) is 0 Å². The van der Waals surface area contributed by atoms with E-state index in [2.05, 4.69) is 89.9 Å². The van der Waals surface area contributed by atoms with Crippen molar-refractivity contribution in [3.63, 3.8) is 0 Å². The average Bonchev–Trinajstić information content (AvgIpc) is 1.62. The van der Waals surface area contributed by atoms with Crippen LogP contribution in [0.2, 0.25) is 25.1 Å². The molecule has 2 aliphatic carbocycles. The van der Waals surface area contributed by atoms with E-state index in [1.54, 1.807) is 75.0 Å². The number of nitrogens with one attached hydrogen (secondary N) is 1. The maximum atomic E-state index is 13.6. The number of aromatic nitrogens is 11. The molecule has 5 saturated heterocycles. The molecule has 0 spiro atoms. The Balaban J connectivity index is 0.000000157. The van der Waals surface area contributed by atoms with Gasteiger partial charge in [-0.05, 0) is 218 Å². The summed E-state index contributed by atoms with van der Waals surface area (Å²) in [5.74, 6) is 3.93. The van der Waals surface area contributed by atoms with E-state index < -0.39 is 0 Å². The summed E-state index contributed by atoms with van der Waals surface area (Å²) < 4.78 is 62.1. The molecule has 0 bridgehead atoms. The third-order valence-corrected chi connectivity index (χ3v) is 24.0. The van der Waals surface area contributed by atoms with E-state index >= 15 is 0 Å². The summed E-state index contributed by atoms with van der Waals surface area (Å²) in [6, 6.07) is 18.4. The van der Waals surface area contributed by atoms with Crippen LogP contribution in [0, 0.1) is 53.1 Å². The largest absolute Gasteiger partial charge is 0.381 e. The minimum Gasteiger partial charge on any atom is -0.381 e. The molecule has 2 saturated carbocycles. The van der Waals surface area contributed by atoms with Crippen LogP contribution in [0.3, 0.4) is 0 Å². The van der Waals surface area contributed by atoms with Crippen molar-refractivity contribution in [1.82, 2.24) is 57.3 Å². The minimum atomic E-state index is -0.337. The van der Waals surface area contributed by atoms with Gasteiger partial charge in [0, 0.05) is 153 Å². The molecule has 0 amide bonds. The first kappa shape index (κ1) is 103. The minimum absolute atomic E-state index is 0.0205. The second kappa shape index (κ2) is 49.7. The van der Waals surface area contributed by atoms with Gasteiger partial charge in [-0.2, -0.15) is 10.2 Å². The Morgan fingerprint density at radius 2 is 0.667 bits per heavy atom. The summed E-state index contributed by atoms with van der Waals surface area (Å²) in [5, 5.41) is 19.1. The Bertz CT molecular complexity index is 5220. The van der Waals surface area contributed by atoms with Crippen LogP contribution in [0.25, 0.3) is 11.6 Å². The van der Waals surface area contributed by atoms with E-state index in [9.17, 15) is 42.3 Å². The molecular weight excluding hydrogens is 1750 g/mol. The number of hydrogen-bond donors (Lipinski definition) is 1. The molecule has 1 N–H and O–H groups in total. The molecule has 3 atom stereocenters. The highest BCUT2D eigenvalue weighted by atomic mass is 35.5. The number of rotatable bonds is 23. The number of hydrogen-bond acceptors (Lipinski definition) is 15. The van der Waals surface area contributed by atoms with E-state index in [0.717, 1.165) is 151 Å². The van der Waals surface area contributed by atoms with Gasteiger partial charge in [0.15, 0.2) is 11.6 Å². The SMILES string of the molecule is CC(C)Cc1cc(Cl)cn(-c2ccc(C3CC3)nn2)c1=O.CC(C)Cc1cc(Cl)cn(-c2ccn(C3CC3)n2)c1=O.CC(C)Cc1cc(Cl)cn(C2CCCOC2)c1=O.CC(C)Cc1cc(Cl)cn(C2CCOCC2)c1=O.CC(C)Cc1cc(Cl)cn(C2CNC2)c1=O.CC(C)Cc1cc(F)cn([C@@H]2CCCOC2)c1=O.CC(C)Cc1cc(F)cn([C@H]2CCCOC2)c1=O. The lowest BCUT2D eigenvalue weighted by atomic mass is 10.0. The van der Waals surface area contributed by atoms with Crippen LogP contribution in [0.5, 0.6) is 0 Å². The fraction of sp³-hybridized carbons (Fsp3) is 0.576. The Morgan fingerprint density at radius 3 is 0.977 bits per heavy atom. The lowest BCUT2D eigenvalue weighted by Gasteiger charge is -2.29. The van der Waals surface area contributed by atoms with Crippen LogP contribution >= 0.6 is 58.0 Å². The van der Waals surface area contributed by atoms with Gasteiger partial charge in [0.2, 0.25) is 0 Å². The molecule has 23 nitrogen and oxygen atoms in total. The molecule has 16 rings (SSSR count). The van der Waals surface area contributed by atoms with Gasteiger partial charge in [0.05, 0.1) is 80.8 Å². The molecular formula is C99H133Cl5F2N12O11. The second-order valence-corrected chi connectivity index (χ2v) is 40.3. The van der Waals surface area contributed by atoms with Gasteiger partial charge in [-0.15, -0.1) is 5.10 Å². The number of nitrogens with zero attached hydrogens (tertiary/aromatic N) is 11. The van der Waals surface area contributed by atoms with Crippen molar-refractivity contribution in [3.8, 4) is 11.6 Å². The third kappa shape index (κ3) is 31.3. The molecule has 9 aromatic rings. The Labute approximate surface area is 782 Å². The van der Waals surface area contributed by atoms with Crippen molar-refractivity contribution in [3.05, 3.63) is 264 Å². The van der Waals surface area contributed by atoms with Crippen molar-refractivity contribution in [2.45, 2.75) is 261 Å². The molecule has 7 fully saturated rings. The molecule has 14 heterocycles. The molecule has 5 aliphatic heterocycles. The zero-order valence-corrected chi connectivity index (χ0v) is 81.3. The highest BCUT2D eigenvalue weighted by molar-refractivity contribution is 6.31. The smallest absolute Gasteiger partial charge is 0.259 e. The molecule has 704 valence electrons. The molecule has 1 unspecified atom stereocenters. The normalized spacial score (nSPS) is 17.7. The zero-order valence-electron chi connectivity index (χ0n) is 77.5. The second-order valence-electron chi connectivity index (χ2n) is 38.1. The van der Waals surface area contributed by atoms with Crippen LogP contribution in [-0.2, 0) is 63.9 Å². The van der Waals surface area contributed by atoms with E-state index in [1.165, 1.54) is 63.9 Å². The van der Waals surface area contributed by atoms with Crippen molar-refractivity contribution in [2.24, 2.45) is 41.4 Å². The summed E-state index contributed by atoms with van der Waals surface area (Å²) in [6.07, 6.45) is 30.2. The first-order valence-electron chi connectivity index (χ1n) is 46.2. The topological polar surface area (TPSA) is 247 Å². The van der Waals surface area contributed by atoms with E-state index in [4.69, 9.17) is 77.0 Å². The third-order valence-electron chi connectivity index (χ3n) is 22.9. The van der Waals surface area contributed by atoms with Gasteiger partial charge in [-0.1, -0.05) is 155 Å². The fourth-order valence-electron chi connectivity index (χ4n) is 16.4. The molecule has 129 heavy (non-hydrogen) atoms. The quantitative estimate of drug-likeness (QED) is 0.0625. The number of pyridine rings is 7. The number of halogens is 7. The Morgan fingerprint density at radius 1 is 0.341 bits per heavy atom. The molecule has 0 radical (unpaired) electrons. The monoisotopic (exact) mass is 1880 g/mol. The summed E-state index contributed by atoms with van der Waals surface area (Å²) >= 11 is 30.6. The van der Waals surface area contributed by atoms with E-state index in [-0.39, 0.29) is 80.8 Å².